The third kappa shape index (κ3) is 3.85. The number of rotatable bonds is 4. The van der Waals surface area contributed by atoms with Crippen LogP contribution in [-0.4, -0.2) is 30.9 Å². The summed E-state index contributed by atoms with van der Waals surface area (Å²) < 4.78 is 0. The monoisotopic (exact) mass is 466 g/mol. The maximum Gasteiger partial charge on any atom is 0.300 e. The molecular weight excluding hydrogens is 447 g/mol. The fourth-order valence-electron chi connectivity index (χ4n) is 3.76. The number of hydrogen-bond donors (Lipinski definition) is 1. The number of hydrogen-bond acceptors (Lipinski definition) is 4. The number of aliphatic hydroxyl groups is 1. The number of ketones is 1. The summed E-state index contributed by atoms with van der Waals surface area (Å²) in [5, 5.41) is 11.7. The molecule has 0 radical (unpaired) electrons. The molecule has 5 nitrogen and oxygen atoms in total. The van der Waals surface area contributed by atoms with Crippen LogP contribution in [0.3, 0.4) is 0 Å². The van der Waals surface area contributed by atoms with Crippen LogP contribution in [0.4, 0.5) is 11.4 Å². The Hall–Kier alpha value is -3.28. The largest absolute Gasteiger partial charge is 0.507 e. The molecule has 1 N–H and O–H groups in total. The Balaban J connectivity index is 1.90. The predicted molar refractivity (Wildman–Crippen MR) is 128 cm³/mol. The van der Waals surface area contributed by atoms with Crippen molar-refractivity contribution < 1.29 is 14.7 Å². The maximum atomic E-state index is 13.1. The van der Waals surface area contributed by atoms with Gasteiger partial charge in [0.15, 0.2) is 0 Å². The molecule has 1 aliphatic rings. The van der Waals surface area contributed by atoms with Gasteiger partial charge in [-0.05, 0) is 48.0 Å². The fraction of sp³-hybridized carbons (Fsp3) is 0.120. The molecule has 1 amide bonds. The van der Waals surface area contributed by atoms with Gasteiger partial charge in [0.2, 0.25) is 0 Å². The van der Waals surface area contributed by atoms with Crippen molar-refractivity contribution >= 4 is 52.0 Å². The van der Waals surface area contributed by atoms with Crippen molar-refractivity contribution in [3.05, 3.63) is 99.5 Å². The molecule has 1 aliphatic heterocycles. The first-order chi connectivity index (χ1) is 15.3. The van der Waals surface area contributed by atoms with E-state index in [1.165, 1.54) is 17.0 Å². The van der Waals surface area contributed by atoms with E-state index in [0.29, 0.717) is 21.8 Å². The first-order valence-electron chi connectivity index (χ1n) is 9.88. The van der Waals surface area contributed by atoms with E-state index >= 15 is 0 Å². The van der Waals surface area contributed by atoms with Crippen molar-refractivity contribution in [1.29, 1.82) is 0 Å². The lowest BCUT2D eigenvalue weighted by molar-refractivity contribution is -0.132. The number of anilines is 2. The molecule has 3 aromatic rings. The van der Waals surface area contributed by atoms with Gasteiger partial charge in [-0.2, -0.15) is 0 Å². The Kier molecular flexibility index (Phi) is 5.96. The van der Waals surface area contributed by atoms with Crippen LogP contribution >= 0.6 is 23.2 Å². The van der Waals surface area contributed by atoms with Gasteiger partial charge in [0, 0.05) is 31.0 Å². The number of benzene rings is 3. The SMILES string of the molecule is CN(C)c1ccc(N2C(=O)C(=O)/C(=C(\O)c3ccc(Cl)c(Cl)c3)C2c2ccccc2)cc1. The topological polar surface area (TPSA) is 60.9 Å². The summed E-state index contributed by atoms with van der Waals surface area (Å²) in [4.78, 5) is 29.6. The molecule has 162 valence electrons. The third-order valence-electron chi connectivity index (χ3n) is 5.40. The lowest BCUT2D eigenvalue weighted by Crippen LogP contribution is -2.29. The van der Waals surface area contributed by atoms with Crippen LogP contribution in [0.15, 0.2) is 78.4 Å². The highest BCUT2D eigenvalue weighted by Gasteiger charge is 2.46. The molecule has 3 aromatic carbocycles. The summed E-state index contributed by atoms with van der Waals surface area (Å²) in [6.07, 6.45) is 0. The van der Waals surface area contributed by atoms with Gasteiger partial charge in [-0.25, -0.2) is 0 Å². The Morgan fingerprint density at radius 3 is 2.16 bits per heavy atom. The standard InChI is InChI=1S/C25H20Cl2N2O3/c1-28(2)17-9-11-18(12-10-17)29-22(15-6-4-3-5-7-15)21(24(31)25(29)32)23(30)16-8-13-19(26)20(27)14-16/h3-14,22,30H,1-2H3/b23-21-. The van der Waals surface area contributed by atoms with Crippen LogP contribution in [0.1, 0.15) is 17.2 Å². The van der Waals surface area contributed by atoms with Gasteiger partial charge < -0.3 is 10.0 Å². The second-order valence-corrected chi connectivity index (χ2v) is 8.43. The number of carbonyl (C=O) groups is 2. The Bertz CT molecular complexity index is 1220. The molecule has 1 saturated heterocycles. The molecule has 7 heteroatoms. The van der Waals surface area contributed by atoms with E-state index in [0.717, 1.165) is 5.69 Å². The average Bonchev–Trinajstić information content (AvgIpc) is 3.06. The minimum absolute atomic E-state index is 0.00345. The molecule has 32 heavy (non-hydrogen) atoms. The Morgan fingerprint density at radius 1 is 0.906 bits per heavy atom. The molecule has 0 spiro atoms. The molecule has 1 fully saturated rings. The zero-order chi connectivity index (χ0) is 23.0. The zero-order valence-corrected chi connectivity index (χ0v) is 18.9. The highest BCUT2D eigenvalue weighted by molar-refractivity contribution is 6.51. The molecule has 0 aliphatic carbocycles. The van der Waals surface area contributed by atoms with Gasteiger partial charge in [-0.15, -0.1) is 0 Å². The summed E-state index contributed by atoms with van der Waals surface area (Å²) in [6, 6.07) is 20.2. The van der Waals surface area contributed by atoms with Gasteiger partial charge in [0.1, 0.15) is 5.76 Å². The lowest BCUT2D eigenvalue weighted by Gasteiger charge is -2.26. The van der Waals surface area contributed by atoms with E-state index < -0.39 is 17.7 Å². The van der Waals surface area contributed by atoms with Gasteiger partial charge in [-0.3, -0.25) is 14.5 Å². The lowest BCUT2D eigenvalue weighted by atomic mass is 9.95. The number of nitrogens with zero attached hydrogens (tertiary/aromatic N) is 2. The summed E-state index contributed by atoms with van der Waals surface area (Å²) in [6.45, 7) is 0. The van der Waals surface area contributed by atoms with Gasteiger partial charge in [0.05, 0.1) is 21.7 Å². The van der Waals surface area contributed by atoms with E-state index in [2.05, 4.69) is 0 Å². The smallest absolute Gasteiger partial charge is 0.300 e. The fourth-order valence-corrected chi connectivity index (χ4v) is 4.06. The summed E-state index contributed by atoms with van der Waals surface area (Å²) in [5.41, 5.74) is 2.51. The number of aliphatic hydroxyl groups excluding tert-OH is 1. The number of Topliss-reactive ketones (excluding diaryl/α,β-unsaturated/α-hetero) is 1. The van der Waals surface area contributed by atoms with Crippen molar-refractivity contribution in [2.75, 3.05) is 23.9 Å². The Labute approximate surface area is 196 Å². The molecular formula is C25H20Cl2N2O3. The van der Waals surface area contributed by atoms with Crippen molar-refractivity contribution in [2.24, 2.45) is 0 Å². The molecule has 1 atom stereocenters. The van der Waals surface area contributed by atoms with E-state index in [-0.39, 0.29) is 16.4 Å². The number of halogens is 2. The number of carbonyl (C=O) groups excluding carboxylic acids is 2. The average molecular weight is 467 g/mol. The van der Waals surface area contributed by atoms with E-state index in [1.807, 2.05) is 61.5 Å². The van der Waals surface area contributed by atoms with E-state index in [9.17, 15) is 14.7 Å². The van der Waals surface area contributed by atoms with Crippen molar-refractivity contribution in [3.8, 4) is 0 Å². The van der Waals surface area contributed by atoms with E-state index in [4.69, 9.17) is 23.2 Å². The minimum atomic E-state index is -0.796. The highest BCUT2D eigenvalue weighted by Crippen LogP contribution is 2.42. The van der Waals surface area contributed by atoms with Crippen LogP contribution in [-0.2, 0) is 9.59 Å². The maximum absolute atomic E-state index is 13.1. The first-order valence-corrected chi connectivity index (χ1v) is 10.6. The van der Waals surface area contributed by atoms with Crippen molar-refractivity contribution in [1.82, 2.24) is 0 Å². The van der Waals surface area contributed by atoms with Gasteiger partial charge in [-0.1, -0.05) is 53.5 Å². The van der Waals surface area contributed by atoms with Crippen molar-refractivity contribution in [3.63, 3.8) is 0 Å². The number of amides is 1. The second kappa shape index (κ2) is 8.69. The van der Waals surface area contributed by atoms with E-state index in [1.54, 1.807) is 18.2 Å². The first kappa shape index (κ1) is 21.9. The van der Waals surface area contributed by atoms with Crippen molar-refractivity contribution in [2.45, 2.75) is 6.04 Å². The highest BCUT2D eigenvalue weighted by atomic mass is 35.5. The Morgan fingerprint density at radius 2 is 1.56 bits per heavy atom. The third-order valence-corrected chi connectivity index (χ3v) is 6.14. The molecule has 0 aromatic heterocycles. The van der Waals surface area contributed by atoms with Crippen LogP contribution in [0.5, 0.6) is 0 Å². The minimum Gasteiger partial charge on any atom is -0.507 e. The second-order valence-electron chi connectivity index (χ2n) is 7.62. The van der Waals surface area contributed by atoms with Crippen LogP contribution in [0.2, 0.25) is 10.0 Å². The zero-order valence-electron chi connectivity index (χ0n) is 17.4. The molecule has 0 bridgehead atoms. The van der Waals surface area contributed by atoms with Gasteiger partial charge in [0.25, 0.3) is 11.7 Å². The van der Waals surface area contributed by atoms with Gasteiger partial charge >= 0.3 is 0 Å². The van der Waals surface area contributed by atoms with Crippen LogP contribution < -0.4 is 9.80 Å². The predicted octanol–water partition coefficient (Wildman–Crippen LogP) is 5.69. The molecule has 4 rings (SSSR count). The van der Waals surface area contributed by atoms with Crippen LogP contribution in [0, 0.1) is 0 Å². The molecule has 1 unspecified atom stereocenters. The van der Waals surface area contributed by atoms with Crippen LogP contribution in [0.25, 0.3) is 5.76 Å². The normalized spacial score (nSPS) is 17.6. The molecule has 1 heterocycles. The summed E-state index contributed by atoms with van der Waals surface area (Å²) in [7, 11) is 3.84. The molecule has 0 saturated carbocycles. The quantitative estimate of drug-likeness (QED) is 0.305. The summed E-state index contributed by atoms with van der Waals surface area (Å²) in [5.74, 6) is -1.78. The summed E-state index contributed by atoms with van der Waals surface area (Å²) >= 11 is 12.1.